The molecule has 0 aliphatic rings. The number of hydrogen-bond donors (Lipinski definition) is 1. The van der Waals surface area contributed by atoms with Gasteiger partial charge in [0.1, 0.15) is 5.82 Å². The summed E-state index contributed by atoms with van der Waals surface area (Å²) in [7, 11) is 0. The minimum Gasteiger partial charge on any atom is -0.399 e. The van der Waals surface area contributed by atoms with Crippen LogP contribution >= 0.6 is 11.6 Å². The summed E-state index contributed by atoms with van der Waals surface area (Å²) in [5.74, 6) is -0.361. The van der Waals surface area contributed by atoms with Crippen LogP contribution in [-0.4, -0.2) is 4.98 Å². The fourth-order valence-corrected chi connectivity index (χ4v) is 2.41. The van der Waals surface area contributed by atoms with Crippen LogP contribution in [0, 0.1) is 12.7 Å². The third-order valence-electron chi connectivity index (χ3n) is 3.28. The molecule has 0 radical (unpaired) electrons. The Bertz CT molecular complexity index is 815. The molecule has 2 N–H and O–H groups in total. The topological polar surface area (TPSA) is 38.9 Å². The molecule has 0 fully saturated rings. The van der Waals surface area contributed by atoms with Gasteiger partial charge < -0.3 is 5.73 Å². The summed E-state index contributed by atoms with van der Waals surface area (Å²) >= 11 is 6.06. The number of aryl methyl sites for hydroxylation is 1. The second kappa shape index (κ2) is 4.76. The quantitative estimate of drug-likeness (QED) is 0.665. The molecule has 0 bridgehead atoms. The van der Waals surface area contributed by atoms with Crippen molar-refractivity contribution in [1.82, 2.24) is 4.98 Å². The number of halogens is 2. The lowest BCUT2D eigenvalue weighted by Gasteiger charge is -2.07. The minimum absolute atomic E-state index is 0.314. The number of benzene rings is 2. The molecular weight excluding hydrogens is 275 g/mol. The van der Waals surface area contributed by atoms with Gasteiger partial charge >= 0.3 is 0 Å². The van der Waals surface area contributed by atoms with Crippen molar-refractivity contribution in [3.8, 4) is 11.3 Å². The predicted octanol–water partition coefficient (Wildman–Crippen LogP) is 4.58. The van der Waals surface area contributed by atoms with Crippen LogP contribution in [-0.2, 0) is 0 Å². The normalized spacial score (nSPS) is 10.9. The molecule has 0 saturated carbocycles. The van der Waals surface area contributed by atoms with Crippen molar-refractivity contribution in [1.29, 1.82) is 0 Å². The van der Waals surface area contributed by atoms with Crippen LogP contribution in [0.4, 0.5) is 10.1 Å². The maximum absolute atomic E-state index is 13.3. The molecule has 1 aromatic heterocycles. The van der Waals surface area contributed by atoms with Crippen LogP contribution in [0.25, 0.3) is 22.2 Å². The van der Waals surface area contributed by atoms with Crippen LogP contribution in [0.5, 0.6) is 0 Å². The summed E-state index contributed by atoms with van der Waals surface area (Å²) in [6, 6.07) is 12.1. The highest BCUT2D eigenvalue weighted by molar-refractivity contribution is 6.35. The van der Waals surface area contributed by atoms with E-state index in [4.69, 9.17) is 17.3 Å². The first-order valence-corrected chi connectivity index (χ1v) is 6.55. The highest BCUT2D eigenvalue weighted by atomic mass is 35.5. The third kappa shape index (κ3) is 2.21. The van der Waals surface area contributed by atoms with Crippen molar-refractivity contribution in [3.05, 3.63) is 58.9 Å². The first kappa shape index (κ1) is 12.9. The third-order valence-corrected chi connectivity index (χ3v) is 3.56. The lowest BCUT2D eigenvalue weighted by Crippen LogP contribution is -1.91. The van der Waals surface area contributed by atoms with E-state index in [1.54, 1.807) is 0 Å². The lowest BCUT2D eigenvalue weighted by molar-refractivity contribution is 0.629. The first-order valence-electron chi connectivity index (χ1n) is 6.17. The summed E-state index contributed by atoms with van der Waals surface area (Å²) in [6.45, 7) is 1.95. The zero-order valence-corrected chi connectivity index (χ0v) is 11.6. The molecule has 2 nitrogen and oxygen atoms in total. The summed E-state index contributed by atoms with van der Waals surface area (Å²) < 4.78 is 13.3. The van der Waals surface area contributed by atoms with Gasteiger partial charge in [0.05, 0.1) is 16.2 Å². The average molecular weight is 287 g/mol. The van der Waals surface area contributed by atoms with Gasteiger partial charge in [0.2, 0.25) is 0 Å². The van der Waals surface area contributed by atoms with E-state index >= 15 is 0 Å². The summed E-state index contributed by atoms with van der Waals surface area (Å²) in [4.78, 5) is 4.52. The molecule has 0 unspecified atom stereocenters. The number of anilines is 1. The second-order valence-corrected chi connectivity index (χ2v) is 5.13. The molecular formula is C16H12ClFN2. The van der Waals surface area contributed by atoms with Gasteiger partial charge in [-0.3, -0.25) is 0 Å². The van der Waals surface area contributed by atoms with Gasteiger partial charge in [0.15, 0.2) is 0 Å². The SMILES string of the molecule is Cc1cc(-c2ccc3cc(F)cc(Cl)c3n2)ccc1N. The Morgan fingerprint density at radius 2 is 1.90 bits per heavy atom. The molecule has 3 rings (SSSR count). The molecule has 0 amide bonds. The molecule has 3 aromatic rings. The Morgan fingerprint density at radius 3 is 2.65 bits per heavy atom. The summed E-state index contributed by atoms with van der Waals surface area (Å²) in [5.41, 5.74) is 9.90. The Hall–Kier alpha value is -2.13. The molecule has 100 valence electrons. The van der Waals surface area contributed by atoms with E-state index in [1.165, 1.54) is 12.1 Å². The van der Waals surface area contributed by atoms with Gasteiger partial charge in [0.25, 0.3) is 0 Å². The van der Waals surface area contributed by atoms with E-state index in [2.05, 4.69) is 4.98 Å². The molecule has 4 heteroatoms. The lowest BCUT2D eigenvalue weighted by atomic mass is 10.1. The molecule has 20 heavy (non-hydrogen) atoms. The van der Waals surface area contributed by atoms with Crippen molar-refractivity contribution >= 4 is 28.2 Å². The average Bonchev–Trinajstić information content (AvgIpc) is 2.41. The van der Waals surface area contributed by atoms with Crippen LogP contribution in [0.15, 0.2) is 42.5 Å². The van der Waals surface area contributed by atoms with Gasteiger partial charge in [-0.25, -0.2) is 9.37 Å². The highest BCUT2D eigenvalue weighted by Gasteiger charge is 2.07. The molecule has 0 atom stereocenters. The summed E-state index contributed by atoms with van der Waals surface area (Å²) in [6.07, 6.45) is 0. The molecule has 0 spiro atoms. The molecule has 0 saturated heterocycles. The van der Waals surface area contributed by atoms with E-state index in [1.807, 2.05) is 37.3 Å². The van der Waals surface area contributed by atoms with E-state index in [0.717, 1.165) is 22.5 Å². The molecule has 0 aliphatic carbocycles. The fraction of sp³-hybridized carbons (Fsp3) is 0.0625. The van der Waals surface area contributed by atoms with E-state index in [0.29, 0.717) is 15.9 Å². The van der Waals surface area contributed by atoms with Crippen molar-refractivity contribution in [2.24, 2.45) is 0 Å². The van der Waals surface area contributed by atoms with Crippen molar-refractivity contribution in [2.45, 2.75) is 6.92 Å². The first-order chi connectivity index (χ1) is 9.54. The molecule has 1 heterocycles. The number of nitrogens with two attached hydrogens (primary N) is 1. The Morgan fingerprint density at radius 1 is 1.10 bits per heavy atom. The van der Waals surface area contributed by atoms with E-state index < -0.39 is 0 Å². The molecule has 2 aromatic carbocycles. The number of rotatable bonds is 1. The number of pyridine rings is 1. The zero-order chi connectivity index (χ0) is 14.3. The van der Waals surface area contributed by atoms with Gasteiger partial charge in [-0.2, -0.15) is 0 Å². The molecule has 0 aliphatic heterocycles. The number of fused-ring (bicyclic) bond motifs is 1. The number of nitrogens with zero attached hydrogens (tertiary/aromatic N) is 1. The maximum atomic E-state index is 13.3. The van der Waals surface area contributed by atoms with Gasteiger partial charge in [-0.1, -0.05) is 23.7 Å². The Kier molecular flexibility index (Phi) is 3.07. The van der Waals surface area contributed by atoms with E-state index in [-0.39, 0.29) is 5.82 Å². The summed E-state index contributed by atoms with van der Waals surface area (Å²) in [5, 5.41) is 1.000. The number of nitrogen functional groups attached to an aromatic ring is 1. The van der Waals surface area contributed by atoms with Crippen molar-refractivity contribution in [2.75, 3.05) is 5.73 Å². The largest absolute Gasteiger partial charge is 0.399 e. The standard InChI is InChI=1S/C16H12ClFN2/c1-9-6-10(2-4-14(9)19)15-5-3-11-7-12(18)8-13(17)16(11)20-15/h2-8H,19H2,1H3. The van der Waals surface area contributed by atoms with Crippen LogP contribution < -0.4 is 5.73 Å². The highest BCUT2D eigenvalue weighted by Crippen LogP contribution is 2.28. The maximum Gasteiger partial charge on any atom is 0.125 e. The zero-order valence-electron chi connectivity index (χ0n) is 10.8. The Balaban J connectivity index is 2.20. The van der Waals surface area contributed by atoms with Gasteiger partial charge in [0, 0.05) is 16.6 Å². The van der Waals surface area contributed by atoms with Crippen molar-refractivity contribution in [3.63, 3.8) is 0 Å². The van der Waals surface area contributed by atoms with E-state index in [9.17, 15) is 4.39 Å². The smallest absolute Gasteiger partial charge is 0.125 e. The van der Waals surface area contributed by atoms with Crippen molar-refractivity contribution < 1.29 is 4.39 Å². The monoisotopic (exact) mass is 286 g/mol. The van der Waals surface area contributed by atoms with Gasteiger partial charge in [-0.15, -0.1) is 0 Å². The second-order valence-electron chi connectivity index (χ2n) is 4.73. The predicted molar refractivity (Wildman–Crippen MR) is 81.3 cm³/mol. The Labute approximate surface area is 121 Å². The van der Waals surface area contributed by atoms with Crippen LogP contribution in [0.3, 0.4) is 0 Å². The van der Waals surface area contributed by atoms with Crippen LogP contribution in [0.1, 0.15) is 5.56 Å². The van der Waals surface area contributed by atoms with Crippen LogP contribution in [0.2, 0.25) is 5.02 Å². The number of hydrogen-bond acceptors (Lipinski definition) is 2. The van der Waals surface area contributed by atoms with Gasteiger partial charge in [-0.05, 0) is 42.8 Å². The number of aromatic nitrogens is 1. The minimum atomic E-state index is -0.361. The fourth-order valence-electron chi connectivity index (χ4n) is 2.15.